The van der Waals surface area contributed by atoms with E-state index in [9.17, 15) is 0 Å². The van der Waals surface area contributed by atoms with Crippen molar-refractivity contribution in [2.24, 2.45) is 5.73 Å². The van der Waals surface area contributed by atoms with Gasteiger partial charge in [0, 0.05) is 18.0 Å². The van der Waals surface area contributed by atoms with E-state index in [1.165, 1.54) is 16.5 Å². The maximum Gasteiger partial charge on any atom is 0.0929 e. The van der Waals surface area contributed by atoms with Crippen LogP contribution in [0.1, 0.15) is 38.3 Å². The van der Waals surface area contributed by atoms with Crippen molar-refractivity contribution in [3.05, 3.63) is 35.5 Å². The molecule has 2 N–H and O–H groups in total. The fourth-order valence-electron chi connectivity index (χ4n) is 2.85. The second-order valence-corrected chi connectivity index (χ2v) is 5.36. The highest BCUT2D eigenvalue weighted by Crippen LogP contribution is 2.27. The third-order valence-corrected chi connectivity index (χ3v) is 4.00. The average Bonchev–Trinajstić information content (AvgIpc) is 2.80. The lowest BCUT2D eigenvalue weighted by Crippen LogP contribution is -2.23. The first kappa shape index (κ1) is 12.4. The van der Waals surface area contributed by atoms with Gasteiger partial charge in [-0.15, -0.1) is 0 Å². The number of nitrogens with two attached hydrogens (primary N) is 1. The Balaban J connectivity index is 1.99. The van der Waals surface area contributed by atoms with Crippen molar-refractivity contribution in [3.8, 4) is 0 Å². The van der Waals surface area contributed by atoms with Gasteiger partial charge < -0.3 is 5.73 Å². The molecule has 100 valence electrons. The molecule has 3 rings (SSSR count). The molecule has 0 spiro atoms. The first-order valence-corrected chi connectivity index (χ1v) is 7.18. The van der Waals surface area contributed by atoms with E-state index >= 15 is 0 Å². The van der Waals surface area contributed by atoms with E-state index in [-0.39, 0.29) is 0 Å². The highest BCUT2D eigenvalue weighted by atomic mass is 15.3. The molecule has 0 atom stereocenters. The van der Waals surface area contributed by atoms with Gasteiger partial charge in [-0.25, -0.2) is 0 Å². The van der Waals surface area contributed by atoms with Crippen LogP contribution < -0.4 is 5.73 Å². The lowest BCUT2D eigenvalue weighted by Gasteiger charge is -2.19. The van der Waals surface area contributed by atoms with Crippen molar-refractivity contribution in [1.29, 1.82) is 0 Å². The molecule has 0 bridgehead atoms. The minimum atomic E-state index is 0.391. The Morgan fingerprint density at radius 3 is 2.79 bits per heavy atom. The summed E-state index contributed by atoms with van der Waals surface area (Å²) in [6.07, 6.45) is 6.74. The zero-order chi connectivity index (χ0) is 13.2. The van der Waals surface area contributed by atoms with Gasteiger partial charge in [0.25, 0.3) is 0 Å². The lowest BCUT2D eigenvalue weighted by molar-refractivity contribution is 0.514. The normalized spacial score (nSPS) is 19.9. The van der Waals surface area contributed by atoms with E-state index in [1.807, 2.05) is 0 Å². The van der Waals surface area contributed by atoms with Crippen LogP contribution in [0.25, 0.3) is 17.0 Å². The molecule has 3 heteroatoms. The predicted molar refractivity (Wildman–Crippen MR) is 79.8 cm³/mol. The SMILES string of the molecule is CCn1nc(C=C2CCC(N)CC2)c2ccccc21. The summed E-state index contributed by atoms with van der Waals surface area (Å²) in [7, 11) is 0. The fraction of sp³-hybridized carbons (Fsp3) is 0.438. The Morgan fingerprint density at radius 2 is 2.05 bits per heavy atom. The van der Waals surface area contributed by atoms with E-state index in [1.54, 1.807) is 0 Å². The second kappa shape index (κ2) is 5.17. The van der Waals surface area contributed by atoms with Gasteiger partial charge in [-0.1, -0.05) is 23.8 Å². The smallest absolute Gasteiger partial charge is 0.0929 e. The predicted octanol–water partition coefficient (Wildman–Crippen LogP) is 3.34. The van der Waals surface area contributed by atoms with Crippen LogP contribution in [0, 0.1) is 0 Å². The third kappa shape index (κ3) is 2.43. The highest BCUT2D eigenvalue weighted by Gasteiger charge is 2.14. The number of nitrogens with zero attached hydrogens (tertiary/aromatic N) is 2. The van der Waals surface area contributed by atoms with Crippen LogP contribution in [-0.4, -0.2) is 15.8 Å². The first-order valence-electron chi connectivity index (χ1n) is 7.18. The van der Waals surface area contributed by atoms with Crippen LogP contribution in [0.15, 0.2) is 29.8 Å². The number of aromatic nitrogens is 2. The van der Waals surface area contributed by atoms with Crippen LogP contribution in [0.3, 0.4) is 0 Å². The molecule has 1 fully saturated rings. The summed E-state index contributed by atoms with van der Waals surface area (Å²) in [5, 5.41) is 5.99. The van der Waals surface area contributed by atoms with E-state index in [4.69, 9.17) is 10.8 Å². The number of benzene rings is 1. The molecule has 1 saturated carbocycles. The van der Waals surface area contributed by atoms with Crippen molar-refractivity contribution < 1.29 is 0 Å². The van der Waals surface area contributed by atoms with Crippen molar-refractivity contribution >= 4 is 17.0 Å². The molecular weight excluding hydrogens is 234 g/mol. The van der Waals surface area contributed by atoms with Crippen molar-refractivity contribution in [2.75, 3.05) is 0 Å². The zero-order valence-electron chi connectivity index (χ0n) is 11.5. The number of aryl methyl sites for hydroxylation is 1. The van der Waals surface area contributed by atoms with Gasteiger partial charge in [0.05, 0.1) is 11.2 Å². The zero-order valence-corrected chi connectivity index (χ0v) is 11.5. The maximum atomic E-state index is 5.96. The van der Waals surface area contributed by atoms with Crippen molar-refractivity contribution in [3.63, 3.8) is 0 Å². The summed E-state index contributed by atoms with van der Waals surface area (Å²) in [5.41, 5.74) is 9.79. The number of allylic oxidation sites excluding steroid dienone is 1. The van der Waals surface area contributed by atoms with Gasteiger partial charge in [-0.05, 0) is 44.7 Å². The molecule has 0 saturated heterocycles. The Bertz CT molecular complexity index is 599. The maximum absolute atomic E-state index is 5.96. The van der Waals surface area contributed by atoms with Crippen molar-refractivity contribution in [2.45, 2.75) is 45.2 Å². The summed E-state index contributed by atoms with van der Waals surface area (Å²) in [6, 6.07) is 8.86. The van der Waals surface area contributed by atoms with Gasteiger partial charge in [0.1, 0.15) is 0 Å². The highest BCUT2D eigenvalue weighted by molar-refractivity contribution is 5.87. The van der Waals surface area contributed by atoms with Crippen molar-refractivity contribution in [1.82, 2.24) is 9.78 Å². The molecule has 1 aromatic carbocycles. The number of fused-ring (bicyclic) bond motifs is 1. The van der Waals surface area contributed by atoms with Gasteiger partial charge in [-0.3, -0.25) is 4.68 Å². The molecule has 19 heavy (non-hydrogen) atoms. The number of hydrogen-bond donors (Lipinski definition) is 1. The molecule has 1 heterocycles. The summed E-state index contributed by atoms with van der Waals surface area (Å²) in [6.45, 7) is 3.05. The molecule has 0 amide bonds. The van der Waals surface area contributed by atoms with Gasteiger partial charge in [0.2, 0.25) is 0 Å². The molecule has 1 aromatic heterocycles. The van der Waals surface area contributed by atoms with Gasteiger partial charge >= 0.3 is 0 Å². The van der Waals surface area contributed by atoms with Gasteiger partial charge in [0.15, 0.2) is 0 Å². The minimum absolute atomic E-state index is 0.391. The molecule has 1 aliphatic carbocycles. The van der Waals surface area contributed by atoms with E-state index in [2.05, 4.69) is 41.9 Å². The molecule has 1 aliphatic rings. The summed E-state index contributed by atoms with van der Waals surface area (Å²) < 4.78 is 2.08. The average molecular weight is 255 g/mol. The molecule has 3 nitrogen and oxygen atoms in total. The van der Waals surface area contributed by atoms with Crippen LogP contribution in [-0.2, 0) is 6.54 Å². The number of rotatable bonds is 2. The molecule has 0 radical (unpaired) electrons. The fourth-order valence-corrected chi connectivity index (χ4v) is 2.85. The summed E-state index contributed by atoms with van der Waals surface area (Å²) in [4.78, 5) is 0. The molecule has 2 aromatic rings. The van der Waals surface area contributed by atoms with Crippen LogP contribution >= 0.6 is 0 Å². The lowest BCUT2D eigenvalue weighted by atomic mass is 9.90. The summed E-state index contributed by atoms with van der Waals surface area (Å²) >= 11 is 0. The minimum Gasteiger partial charge on any atom is -0.328 e. The summed E-state index contributed by atoms with van der Waals surface area (Å²) in [5.74, 6) is 0. The third-order valence-electron chi connectivity index (χ3n) is 4.00. The standard InChI is InChI=1S/C16H21N3/c1-2-19-16-6-4-3-5-14(16)15(18-19)11-12-7-9-13(17)10-8-12/h3-6,11,13H,2,7-10,17H2,1H3. The monoisotopic (exact) mass is 255 g/mol. The van der Waals surface area contributed by atoms with E-state index in [0.29, 0.717) is 6.04 Å². The van der Waals surface area contributed by atoms with Gasteiger partial charge in [-0.2, -0.15) is 5.10 Å². The Hall–Kier alpha value is -1.61. The number of hydrogen-bond acceptors (Lipinski definition) is 2. The molecular formula is C16H21N3. The molecule has 0 unspecified atom stereocenters. The van der Waals surface area contributed by atoms with E-state index in [0.717, 1.165) is 37.9 Å². The van der Waals surface area contributed by atoms with E-state index < -0.39 is 0 Å². The molecule has 0 aliphatic heterocycles. The Kier molecular flexibility index (Phi) is 3.38. The van der Waals surface area contributed by atoms with Crippen LogP contribution in [0.4, 0.5) is 0 Å². The first-order chi connectivity index (χ1) is 9.28. The Labute approximate surface area is 114 Å². The largest absolute Gasteiger partial charge is 0.328 e. The Morgan fingerprint density at radius 1 is 1.32 bits per heavy atom. The number of para-hydroxylation sites is 1. The van der Waals surface area contributed by atoms with Crippen LogP contribution in [0.2, 0.25) is 0 Å². The topological polar surface area (TPSA) is 43.8 Å². The second-order valence-electron chi connectivity index (χ2n) is 5.36. The quantitative estimate of drug-likeness (QED) is 0.894. The van der Waals surface area contributed by atoms with Crippen LogP contribution in [0.5, 0.6) is 0 Å².